The van der Waals surface area contributed by atoms with Crippen molar-refractivity contribution in [3.8, 4) is 0 Å². The fraction of sp³-hybridized carbons (Fsp3) is 0.875. The topological polar surface area (TPSA) is 66.0 Å². The normalized spacial score (nSPS) is 12.1. The number of rotatable bonds is 10. The minimum Gasteiger partial charge on any atom is -0.466 e. The van der Waals surface area contributed by atoms with E-state index in [1.165, 1.54) is 0 Å². The van der Waals surface area contributed by atoms with Crippen molar-refractivity contribution in [1.82, 2.24) is 15.5 Å². The molecule has 0 fully saturated rings. The van der Waals surface area contributed by atoms with Gasteiger partial charge in [-0.25, -0.2) is 0 Å². The molecule has 22 heavy (non-hydrogen) atoms. The van der Waals surface area contributed by atoms with Gasteiger partial charge in [0.2, 0.25) is 0 Å². The van der Waals surface area contributed by atoms with E-state index in [0.717, 1.165) is 25.5 Å². The first-order valence-corrected chi connectivity index (χ1v) is 8.28. The van der Waals surface area contributed by atoms with Crippen LogP contribution in [0.3, 0.4) is 0 Å². The lowest BCUT2D eigenvalue weighted by Gasteiger charge is -2.30. The average molecular weight is 314 g/mol. The Morgan fingerprint density at radius 1 is 1.14 bits per heavy atom. The summed E-state index contributed by atoms with van der Waals surface area (Å²) in [5.74, 6) is 0.632. The smallest absolute Gasteiger partial charge is 0.305 e. The zero-order chi connectivity index (χ0) is 17.0. The van der Waals surface area contributed by atoms with E-state index in [1.54, 1.807) is 7.05 Å². The highest BCUT2D eigenvalue weighted by molar-refractivity contribution is 5.79. The number of carbonyl (C=O) groups excluding carboxylic acids is 1. The van der Waals surface area contributed by atoms with Crippen LogP contribution >= 0.6 is 0 Å². The second-order valence-corrected chi connectivity index (χ2v) is 5.76. The van der Waals surface area contributed by atoms with Crippen LogP contribution < -0.4 is 10.6 Å². The number of carbonyl (C=O) groups is 1. The molecule has 0 spiro atoms. The van der Waals surface area contributed by atoms with E-state index in [9.17, 15) is 4.79 Å². The quantitative estimate of drug-likeness (QED) is 0.278. The first-order chi connectivity index (χ1) is 10.4. The third kappa shape index (κ3) is 9.60. The Labute approximate surface area is 135 Å². The van der Waals surface area contributed by atoms with Crippen molar-refractivity contribution in [3.05, 3.63) is 0 Å². The van der Waals surface area contributed by atoms with Gasteiger partial charge in [-0.15, -0.1) is 0 Å². The number of nitrogens with zero attached hydrogens (tertiary/aromatic N) is 2. The number of hydrogen-bond acceptors (Lipinski definition) is 4. The maximum Gasteiger partial charge on any atom is 0.305 e. The number of guanidine groups is 1. The molecule has 0 amide bonds. The monoisotopic (exact) mass is 314 g/mol. The highest BCUT2D eigenvalue weighted by atomic mass is 16.5. The summed E-state index contributed by atoms with van der Waals surface area (Å²) >= 11 is 0. The third-order valence-corrected chi connectivity index (χ3v) is 3.37. The molecule has 0 aliphatic carbocycles. The SMILES string of the molecule is CCOC(=O)CCCNC(=NC)NCCN(C(C)C)C(C)C. The minimum absolute atomic E-state index is 0.142. The van der Waals surface area contributed by atoms with Crippen molar-refractivity contribution in [2.24, 2.45) is 4.99 Å². The van der Waals surface area contributed by atoms with Crippen LogP contribution in [0.25, 0.3) is 0 Å². The summed E-state index contributed by atoms with van der Waals surface area (Å²) in [6, 6.07) is 1.06. The van der Waals surface area contributed by atoms with Gasteiger partial charge in [-0.05, 0) is 41.0 Å². The summed E-state index contributed by atoms with van der Waals surface area (Å²) < 4.78 is 4.89. The average Bonchev–Trinajstić information content (AvgIpc) is 2.45. The molecular formula is C16H34N4O2. The molecule has 0 atom stereocenters. The Morgan fingerprint density at radius 3 is 2.23 bits per heavy atom. The van der Waals surface area contributed by atoms with Crippen molar-refractivity contribution in [2.45, 2.75) is 59.5 Å². The predicted molar refractivity (Wildman–Crippen MR) is 92.2 cm³/mol. The van der Waals surface area contributed by atoms with Crippen molar-refractivity contribution < 1.29 is 9.53 Å². The molecule has 0 radical (unpaired) electrons. The molecule has 0 aliphatic rings. The summed E-state index contributed by atoms with van der Waals surface area (Å²) in [5, 5.41) is 6.52. The van der Waals surface area contributed by atoms with Crippen LogP contribution in [0.4, 0.5) is 0 Å². The third-order valence-electron chi connectivity index (χ3n) is 3.37. The standard InChI is InChI=1S/C16H34N4O2/c1-7-22-15(21)9-8-10-18-16(17-6)19-11-12-20(13(2)3)14(4)5/h13-14H,7-12H2,1-6H3,(H2,17,18,19). The lowest BCUT2D eigenvalue weighted by molar-refractivity contribution is -0.143. The van der Waals surface area contributed by atoms with Gasteiger partial charge in [0.15, 0.2) is 5.96 Å². The number of ether oxygens (including phenoxy) is 1. The minimum atomic E-state index is -0.142. The van der Waals surface area contributed by atoms with E-state index in [2.05, 4.69) is 48.2 Å². The Morgan fingerprint density at radius 2 is 1.73 bits per heavy atom. The summed E-state index contributed by atoms with van der Waals surface area (Å²) in [6.45, 7) is 13.6. The second kappa shape index (κ2) is 12.3. The van der Waals surface area contributed by atoms with E-state index < -0.39 is 0 Å². The molecule has 6 heteroatoms. The van der Waals surface area contributed by atoms with Crippen molar-refractivity contribution in [3.63, 3.8) is 0 Å². The van der Waals surface area contributed by atoms with Crippen LogP contribution in [0.2, 0.25) is 0 Å². The number of aliphatic imine (C=N–C) groups is 1. The van der Waals surface area contributed by atoms with Crippen LogP contribution in [-0.2, 0) is 9.53 Å². The van der Waals surface area contributed by atoms with Crippen LogP contribution in [0, 0.1) is 0 Å². The molecule has 130 valence electrons. The summed E-state index contributed by atoms with van der Waals surface area (Å²) in [7, 11) is 1.75. The van der Waals surface area contributed by atoms with E-state index in [4.69, 9.17) is 4.74 Å². The van der Waals surface area contributed by atoms with E-state index in [-0.39, 0.29) is 5.97 Å². The van der Waals surface area contributed by atoms with E-state index in [1.807, 2.05) is 6.92 Å². The molecule has 0 bridgehead atoms. The Balaban J connectivity index is 3.91. The fourth-order valence-corrected chi connectivity index (χ4v) is 2.31. The first-order valence-electron chi connectivity index (χ1n) is 8.28. The van der Waals surface area contributed by atoms with Gasteiger partial charge in [0.25, 0.3) is 0 Å². The van der Waals surface area contributed by atoms with E-state index >= 15 is 0 Å². The lowest BCUT2D eigenvalue weighted by Crippen LogP contribution is -2.45. The number of hydrogen-bond donors (Lipinski definition) is 2. The van der Waals surface area contributed by atoms with Gasteiger partial charge in [0.05, 0.1) is 6.61 Å². The maximum atomic E-state index is 11.2. The van der Waals surface area contributed by atoms with Gasteiger partial charge in [-0.1, -0.05) is 0 Å². The molecule has 6 nitrogen and oxygen atoms in total. The Bertz CT molecular complexity index is 322. The highest BCUT2D eigenvalue weighted by Crippen LogP contribution is 2.03. The number of esters is 1. The molecule has 0 aliphatic heterocycles. The first kappa shape index (κ1) is 20.7. The van der Waals surface area contributed by atoms with E-state index in [0.29, 0.717) is 31.7 Å². The molecule has 0 rings (SSSR count). The molecule has 0 saturated heterocycles. The Kier molecular flexibility index (Phi) is 11.5. The zero-order valence-electron chi connectivity index (χ0n) is 15.1. The van der Waals surface area contributed by atoms with Crippen molar-refractivity contribution in [1.29, 1.82) is 0 Å². The second-order valence-electron chi connectivity index (χ2n) is 5.76. The Hall–Kier alpha value is -1.30. The van der Waals surface area contributed by atoms with Gasteiger partial charge in [-0.2, -0.15) is 0 Å². The van der Waals surface area contributed by atoms with Crippen LogP contribution in [0.5, 0.6) is 0 Å². The molecular weight excluding hydrogens is 280 g/mol. The predicted octanol–water partition coefficient (Wildman–Crippen LogP) is 1.61. The summed E-state index contributed by atoms with van der Waals surface area (Å²) in [5.41, 5.74) is 0. The largest absolute Gasteiger partial charge is 0.466 e. The van der Waals surface area contributed by atoms with Crippen LogP contribution in [-0.4, -0.2) is 62.2 Å². The van der Waals surface area contributed by atoms with Gasteiger partial charge < -0.3 is 15.4 Å². The highest BCUT2D eigenvalue weighted by Gasteiger charge is 2.12. The molecule has 0 aromatic heterocycles. The van der Waals surface area contributed by atoms with Gasteiger partial charge in [0.1, 0.15) is 0 Å². The molecule has 2 N–H and O–H groups in total. The maximum absolute atomic E-state index is 11.2. The molecule has 0 unspecified atom stereocenters. The van der Waals surface area contributed by atoms with Crippen molar-refractivity contribution in [2.75, 3.05) is 33.3 Å². The number of nitrogens with one attached hydrogen (secondary N) is 2. The molecule has 0 saturated carbocycles. The molecule has 0 aromatic rings. The fourth-order valence-electron chi connectivity index (χ4n) is 2.31. The van der Waals surface area contributed by atoms with Gasteiger partial charge >= 0.3 is 5.97 Å². The zero-order valence-corrected chi connectivity index (χ0v) is 15.1. The summed E-state index contributed by atoms with van der Waals surface area (Å²) in [4.78, 5) is 17.8. The van der Waals surface area contributed by atoms with Crippen LogP contribution in [0.1, 0.15) is 47.5 Å². The van der Waals surface area contributed by atoms with Crippen LogP contribution in [0.15, 0.2) is 4.99 Å². The molecule has 0 aromatic carbocycles. The molecule has 0 heterocycles. The van der Waals surface area contributed by atoms with Gasteiger partial charge in [0, 0.05) is 45.2 Å². The lowest BCUT2D eigenvalue weighted by atomic mass is 10.2. The van der Waals surface area contributed by atoms with Gasteiger partial charge in [-0.3, -0.25) is 14.7 Å². The summed E-state index contributed by atoms with van der Waals surface area (Å²) in [6.07, 6.45) is 1.18. The van der Waals surface area contributed by atoms with Crippen molar-refractivity contribution >= 4 is 11.9 Å².